The first kappa shape index (κ1) is 13.1. The molecule has 2 aromatic heterocycles. The van der Waals surface area contributed by atoms with Gasteiger partial charge in [0.1, 0.15) is 18.1 Å². The predicted molar refractivity (Wildman–Crippen MR) is 87.1 cm³/mol. The first-order valence-corrected chi connectivity index (χ1v) is 7.79. The molecule has 0 radical (unpaired) electrons. The Kier molecular flexibility index (Phi) is 3.16. The molecule has 1 unspecified atom stereocenters. The number of nitrogens with one attached hydrogen (secondary N) is 1. The first-order valence-electron chi connectivity index (χ1n) is 6.91. The molecule has 0 saturated carbocycles. The van der Waals surface area contributed by atoms with Crippen molar-refractivity contribution in [3.63, 3.8) is 0 Å². The third kappa shape index (κ3) is 2.17. The molecule has 22 heavy (non-hydrogen) atoms. The second-order valence-corrected chi connectivity index (χ2v) is 5.88. The van der Waals surface area contributed by atoms with Crippen molar-refractivity contribution in [1.82, 2.24) is 14.8 Å². The van der Waals surface area contributed by atoms with E-state index in [0.29, 0.717) is 0 Å². The number of benzene rings is 1. The third-order valence-electron chi connectivity index (χ3n) is 3.65. The maximum absolute atomic E-state index is 5.23. The van der Waals surface area contributed by atoms with Gasteiger partial charge in [0, 0.05) is 0 Å². The van der Waals surface area contributed by atoms with E-state index in [9.17, 15) is 0 Å². The van der Waals surface area contributed by atoms with E-state index in [1.54, 1.807) is 24.8 Å². The van der Waals surface area contributed by atoms with E-state index in [0.717, 1.165) is 23.0 Å². The van der Waals surface area contributed by atoms with Crippen molar-refractivity contribution in [3.05, 3.63) is 64.6 Å². The largest absolute Gasteiger partial charge is 0.497 e. The Balaban J connectivity index is 1.78. The highest BCUT2D eigenvalue weighted by molar-refractivity contribution is 7.11. The van der Waals surface area contributed by atoms with Gasteiger partial charge in [0.05, 0.1) is 17.7 Å². The lowest BCUT2D eigenvalue weighted by atomic mass is 10.0. The summed E-state index contributed by atoms with van der Waals surface area (Å²) < 4.78 is 7.12. The quantitative estimate of drug-likeness (QED) is 0.805. The maximum Gasteiger partial charge on any atom is 0.226 e. The lowest BCUT2D eigenvalue weighted by molar-refractivity contribution is 0.414. The fraction of sp³-hybridized carbons (Fsp3) is 0.125. The zero-order valence-electron chi connectivity index (χ0n) is 11.9. The standard InChI is InChI=1S/C16H14N4OS/c1-21-12-6-4-11(5-7-12)14-9-13(15-3-2-8-22-15)19-16-17-10-18-20(14)16/h2-10,14H,1H3,(H,17,18,19). The van der Waals surface area contributed by atoms with E-state index in [-0.39, 0.29) is 6.04 Å². The summed E-state index contributed by atoms with van der Waals surface area (Å²) in [7, 11) is 1.67. The van der Waals surface area contributed by atoms with Crippen molar-refractivity contribution in [1.29, 1.82) is 0 Å². The van der Waals surface area contributed by atoms with Crippen molar-refractivity contribution >= 4 is 23.0 Å². The van der Waals surface area contributed by atoms with Crippen LogP contribution in [-0.2, 0) is 0 Å². The highest BCUT2D eigenvalue weighted by atomic mass is 32.1. The highest BCUT2D eigenvalue weighted by Crippen LogP contribution is 2.33. The van der Waals surface area contributed by atoms with Gasteiger partial charge in [-0.05, 0) is 35.2 Å². The molecule has 0 saturated heterocycles. The zero-order valence-corrected chi connectivity index (χ0v) is 12.7. The molecule has 1 N–H and O–H groups in total. The third-order valence-corrected chi connectivity index (χ3v) is 4.55. The van der Waals surface area contributed by atoms with E-state index in [2.05, 4.69) is 45.1 Å². The predicted octanol–water partition coefficient (Wildman–Crippen LogP) is 3.40. The minimum Gasteiger partial charge on any atom is -0.497 e. The lowest BCUT2D eigenvalue weighted by Gasteiger charge is -2.23. The maximum atomic E-state index is 5.23. The van der Waals surface area contributed by atoms with Gasteiger partial charge in [-0.15, -0.1) is 11.3 Å². The molecule has 3 heterocycles. The Labute approximate surface area is 131 Å². The van der Waals surface area contributed by atoms with Crippen molar-refractivity contribution < 1.29 is 4.74 Å². The van der Waals surface area contributed by atoms with Crippen molar-refractivity contribution in [2.75, 3.05) is 12.4 Å². The number of methoxy groups -OCH3 is 1. The van der Waals surface area contributed by atoms with E-state index >= 15 is 0 Å². The van der Waals surface area contributed by atoms with E-state index in [4.69, 9.17) is 4.74 Å². The van der Waals surface area contributed by atoms with Crippen molar-refractivity contribution in [2.24, 2.45) is 0 Å². The van der Waals surface area contributed by atoms with Crippen LogP contribution in [0.3, 0.4) is 0 Å². The van der Waals surface area contributed by atoms with Crippen LogP contribution in [0.4, 0.5) is 5.95 Å². The summed E-state index contributed by atoms with van der Waals surface area (Å²) in [5, 5.41) is 9.75. The van der Waals surface area contributed by atoms with Crippen LogP contribution in [0.5, 0.6) is 5.75 Å². The monoisotopic (exact) mass is 310 g/mol. The van der Waals surface area contributed by atoms with Crippen LogP contribution in [0.2, 0.25) is 0 Å². The Morgan fingerprint density at radius 1 is 1.23 bits per heavy atom. The fourth-order valence-corrected chi connectivity index (χ4v) is 3.25. The van der Waals surface area contributed by atoms with Gasteiger partial charge in [0.15, 0.2) is 0 Å². The topological polar surface area (TPSA) is 52.0 Å². The lowest BCUT2D eigenvalue weighted by Crippen LogP contribution is -2.19. The number of hydrogen-bond donors (Lipinski definition) is 1. The summed E-state index contributed by atoms with van der Waals surface area (Å²) in [6.45, 7) is 0. The molecule has 1 atom stereocenters. The van der Waals surface area contributed by atoms with Crippen LogP contribution in [0.15, 0.2) is 54.2 Å². The molecule has 4 rings (SSSR count). The average Bonchev–Trinajstić information content (AvgIpc) is 3.25. The summed E-state index contributed by atoms with van der Waals surface area (Å²) in [4.78, 5) is 5.49. The number of nitrogens with zero attached hydrogens (tertiary/aromatic N) is 3. The first-order chi connectivity index (χ1) is 10.8. The Morgan fingerprint density at radius 3 is 2.82 bits per heavy atom. The molecule has 0 spiro atoms. The van der Waals surface area contributed by atoms with Crippen molar-refractivity contribution in [2.45, 2.75) is 6.04 Å². The zero-order chi connectivity index (χ0) is 14.9. The molecule has 0 bridgehead atoms. The highest BCUT2D eigenvalue weighted by Gasteiger charge is 2.23. The number of fused-ring (bicyclic) bond motifs is 1. The second kappa shape index (κ2) is 5.31. The number of ether oxygens (including phenoxy) is 1. The van der Waals surface area contributed by atoms with Crippen LogP contribution < -0.4 is 10.1 Å². The number of rotatable bonds is 3. The number of thiophene rings is 1. The normalized spacial score (nSPS) is 16.6. The Bertz CT molecular complexity index is 805. The number of allylic oxidation sites excluding steroid dienone is 1. The van der Waals surface area contributed by atoms with Gasteiger partial charge >= 0.3 is 0 Å². The summed E-state index contributed by atoms with van der Waals surface area (Å²) in [6, 6.07) is 12.2. The van der Waals surface area contributed by atoms with Gasteiger partial charge in [-0.3, -0.25) is 0 Å². The van der Waals surface area contributed by atoms with Crippen LogP contribution in [-0.4, -0.2) is 21.9 Å². The van der Waals surface area contributed by atoms with E-state index in [1.807, 2.05) is 22.9 Å². The molecule has 6 heteroatoms. The van der Waals surface area contributed by atoms with Crippen molar-refractivity contribution in [3.8, 4) is 5.75 Å². The molecule has 1 aromatic carbocycles. The SMILES string of the molecule is COc1ccc(C2C=C(c3cccs3)Nc3ncnn32)cc1. The molecule has 110 valence electrons. The van der Waals surface area contributed by atoms with Crippen LogP contribution in [0.1, 0.15) is 16.5 Å². The van der Waals surface area contributed by atoms with Gasteiger partial charge in [0.2, 0.25) is 5.95 Å². The van der Waals surface area contributed by atoms with Crippen LogP contribution in [0.25, 0.3) is 5.70 Å². The number of anilines is 1. The van der Waals surface area contributed by atoms with Crippen LogP contribution >= 0.6 is 11.3 Å². The molecule has 0 aliphatic carbocycles. The molecule has 3 aromatic rings. The average molecular weight is 310 g/mol. The van der Waals surface area contributed by atoms with Gasteiger partial charge in [-0.2, -0.15) is 10.1 Å². The second-order valence-electron chi connectivity index (χ2n) is 4.93. The molecule has 1 aliphatic rings. The van der Waals surface area contributed by atoms with Gasteiger partial charge in [-0.1, -0.05) is 18.2 Å². The summed E-state index contributed by atoms with van der Waals surface area (Å²) in [5.41, 5.74) is 2.21. The molecule has 5 nitrogen and oxygen atoms in total. The van der Waals surface area contributed by atoms with E-state index < -0.39 is 0 Å². The Morgan fingerprint density at radius 2 is 2.09 bits per heavy atom. The van der Waals surface area contributed by atoms with Gasteiger partial charge < -0.3 is 10.1 Å². The fourth-order valence-electron chi connectivity index (χ4n) is 2.55. The molecule has 1 aliphatic heterocycles. The molecule has 0 fully saturated rings. The van der Waals surface area contributed by atoms with Gasteiger partial charge in [-0.25, -0.2) is 4.68 Å². The number of aromatic nitrogens is 3. The van der Waals surface area contributed by atoms with Crippen LogP contribution in [0, 0.1) is 0 Å². The summed E-state index contributed by atoms with van der Waals surface area (Å²) >= 11 is 1.70. The summed E-state index contributed by atoms with van der Waals surface area (Å²) in [5.74, 6) is 1.60. The summed E-state index contributed by atoms with van der Waals surface area (Å²) in [6.07, 6.45) is 3.75. The minimum absolute atomic E-state index is 0.0155. The molecular formula is C16H14N4OS. The van der Waals surface area contributed by atoms with E-state index in [1.165, 1.54) is 4.88 Å². The minimum atomic E-state index is 0.0155. The van der Waals surface area contributed by atoms with Gasteiger partial charge in [0.25, 0.3) is 0 Å². The molecule has 0 amide bonds. The Hall–Kier alpha value is -2.60. The molecular weight excluding hydrogens is 296 g/mol. The smallest absolute Gasteiger partial charge is 0.226 e. The number of hydrogen-bond acceptors (Lipinski definition) is 5.